The van der Waals surface area contributed by atoms with E-state index in [1.165, 1.54) is 23.6 Å². The zero-order valence-corrected chi connectivity index (χ0v) is 15.6. The number of thiazole rings is 1. The summed E-state index contributed by atoms with van der Waals surface area (Å²) in [6, 6.07) is 10.9. The third-order valence-electron chi connectivity index (χ3n) is 3.90. The number of carbonyl (C=O) groups is 1. The summed E-state index contributed by atoms with van der Waals surface area (Å²) in [7, 11) is 0. The van der Waals surface area contributed by atoms with E-state index in [1.807, 2.05) is 45.0 Å². The highest BCUT2D eigenvalue weighted by molar-refractivity contribution is 7.15. The van der Waals surface area contributed by atoms with Crippen molar-refractivity contribution >= 4 is 22.4 Å². The predicted molar refractivity (Wildman–Crippen MR) is 102 cm³/mol. The van der Waals surface area contributed by atoms with E-state index in [9.17, 15) is 9.59 Å². The first kappa shape index (κ1) is 17.9. The van der Waals surface area contributed by atoms with Gasteiger partial charge in [-0.2, -0.15) is 4.73 Å². The van der Waals surface area contributed by atoms with Crippen LogP contribution in [0.25, 0.3) is 0 Å². The number of hydrogen-bond acceptors (Lipinski definition) is 5. The Morgan fingerprint density at radius 1 is 1.19 bits per heavy atom. The molecule has 3 rings (SSSR count). The molecule has 0 unspecified atom stereocenters. The van der Waals surface area contributed by atoms with Crippen LogP contribution in [-0.4, -0.2) is 15.6 Å². The molecule has 0 saturated heterocycles. The molecule has 0 aliphatic rings. The molecule has 1 aromatic carbocycles. The molecule has 3 aromatic rings. The van der Waals surface area contributed by atoms with Gasteiger partial charge in [-0.1, -0.05) is 29.8 Å². The van der Waals surface area contributed by atoms with Crippen molar-refractivity contribution < 1.29 is 9.63 Å². The van der Waals surface area contributed by atoms with Gasteiger partial charge in [-0.05, 0) is 38.5 Å². The Morgan fingerprint density at radius 2 is 1.92 bits per heavy atom. The van der Waals surface area contributed by atoms with Crippen molar-refractivity contribution in [3.63, 3.8) is 0 Å². The number of carbonyl (C=O) groups excluding carboxylic acids is 1. The average Bonchev–Trinajstić information content (AvgIpc) is 2.92. The van der Waals surface area contributed by atoms with E-state index < -0.39 is 11.5 Å². The summed E-state index contributed by atoms with van der Waals surface area (Å²) in [6.07, 6.45) is 1.49. The van der Waals surface area contributed by atoms with Crippen molar-refractivity contribution in [1.29, 1.82) is 0 Å². The standard InChI is InChI=1S/C19H19N3O3S/c1-12-6-8-15(9-7-12)11-25-22-10-4-5-16(18(22)24)17(23)21-19-20-13(2)14(3)26-19/h4-10H,11H2,1-3H3,(H,20,21,23). The molecule has 0 radical (unpaired) electrons. The van der Waals surface area contributed by atoms with Gasteiger partial charge in [-0.3, -0.25) is 14.9 Å². The molecular weight excluding hydrogens is 350 g/mol. The molecule has 134 valence electrons. The van der Waals surface area contributed by atoms with Gasteiger partial charge in [0.2, 0.25) is 0 Å². The van der Waals surface area contributed by atoms with Gasteiger partial charge in [0.25, 0.3) is 11.5 Å². The van der Waals surface area contributed by atoms with E-state index >= 15 is 0 Å². The number of pyridine rings is 1. The van der Waals surface area contributed by atoms with Crippen LogP contribution in [0.4, 0.5) is 5.13 Å². The first-order valence-electron chi connectivity index (χ1n) is 8.10. The molecule has 1 N–H and O–H groups in total. The predicted octanol–water partition coefficient (Wildman–Crippen LogP) is 3.11. The number of aromatic nitrogens is 2. The summed E-state index contributed by atoms with van der Waals surface area (Å²) in [5, 5.41) is 3.14. The van der Waals surface area contributed by atoms with Crippen LogP contribution in [0, 0.1) is 20.8 Å². The lowest BCUT2D eigenvalue weighted by Gasteiger charge is -2.10. The molecule has 0 aliphatic heterocycles. The highest BCUT2D eigenvalue weighted by Crippen LogP contribution is 2.21. The third-order valence-corrected chi connectivity index (χ3v) is 4.89. The molecule has 1 amide bonds. The minimum Gasteiger partial charge on any atom is -0.406 e. The van der Waals surface area contributed by atoms with Gasteiger partial charge in [-0.15, -0.1) is 11.3 Å². The Labute approximate surface area is 155 Å². The highest BCUT2D eigenvalue weighted by Gasteiger charge is 2.15. The first-order valence-corrected chi connectivity index (χ1v) is 8.91. The van der Waals surface area contributed by atoms with E-state index in [4.69, 9.17) is 4.84 Å². The number of nitrogens with zero attached hydrogens (tertiary/aromatic N) is 2. The molecule has 0 bridgehead atoms. The molecule has 2 aromatic heterocycles. The number of amides is 1. The summed E-state index contributed by atoms with van der Waals surface area (Å²) >= 11 is 1.37. The molecule has 2 heterocycles. The van der Waals surface area contributed by atoms with E-state index in [0.29, 0.717) is 5.13 Å². The number of aryl methyl sites for hydroxylation is 3. The van der Waals surface area contributed by atoms with Gasteiger partial charge in [-0.25, -0.2) is 4.98 Å². The second-order valence-electron chi connectivity index (χ2n) is 5.93. The summed E-state index contributed by atoms with van der Waals surface area (Å²) in [4.78, 5) is 35.7. The lowest BCUT2D eigenvalue weighted by molar-refractivity contribution is 0.0863. The Hall–Kier alpha value is -2.93. The topological polar surface area (TPSA) is 73.2 Å². The fraction of sp³-hybridized carbons (Fsp3) is 0.211. The van der Waals surface area contributed by atoms with Gasteiger partial charge in [0, 0.05) is 11.1 Å². The van der Waals surface area contributed by atoms with Gasteiger partial charge < -0.3 is 4.84 Å². The van der Waals surface area contributed by atoms with Crippen LogP contribution in [-0.2, 0) is 6.61 Å². The fourth-order valence-electron chi connectivity index (χ4n) is 2.27. The Morgan fingerprint density at radius 3 is 2.58 bits per heavy atom. The Bertz CT molecular complexity index is 971. The lowest BCUT2D eigenvalue weighted by atomic mass is 10.2. The second kappa shape index (κ2) is 7.53. The molecule has 7 heteroatoms. The van der Waals surface area contributed by atoms with Crippen molar-refractivity contribution in [3.05, 3.63) is 80.2 Å². The second-order valence-corrected chi connectivity index (χ2v) is 7.13. The zero-order valence-electron chi connectivity index (χ0n) is 14.8. The van der Waals surface area contributed by atoms with Gasteiger partial charge in [0.15, 0.2) is 5.13 Å². The maximum Gasteiger partial charge on any atom is 0.295 e. The quantitative estimate of drug-likeness (QED) is 0.750. The number of nitrogens with one attached hydrogen (secondary N) is 1. The van der Waals surface area contributed by atoms with E-state index in [0.717, 1.165) is 26.4 Å². The zero-order chi connectivity index (χ0) is 18.7. The number of benzene rings is 1. The smallest absolute Gasteiger partial charge is 0.295 e. The van der Waals surface area contributed by atoms with E-state index in [-0.39, 0.29) is 12.2 Å². The maximum absolute atomic E-state index is 12.5. The third kappa shape index (κ3) is 4.00. The SMILES string of the molecule is Cc1ccc(COn2cccc(C(=O)Nc3nc(C)c(C)s3)c2=O)cc1. The van der Waals surface area contributed by atoms with Crippen LogP contribution in [0.3, 0.4) is 0 Å². The van der Waals surface area contributed by atoms with Crippen molar-refractivity contribution in [3.8, 4) is 0 Å². The Balaban J connectivity index is 1.74. The maximum atomic E-state index is 12.5. The average molecular weight is 369 g/mol. The number of anilines is 1. The largest absolute Gasteiger partial charge is 0.406 e. The van der Waals surface area contributed by atoms with Crippen LogP contribution in [0.1, 0.15) is 32.1 Å². The molecule has 0 saturated carbocycles. The van der Waals surface area contributed by atoms with E-state index in [1.54, 1.807) is 6.07 Å². The summed E-state index contributed by atoms with van der Waals surface area (Å²) in [5.41, 5.74) is 2.43. The number of hydrogen-bond donors (Lipinski definition) is 1. The van der Waals surface area contributed by atoms with Crippen molar-refractivity contribution in [1.82, 2.24) is 9.71 Å². The van der Waals surface area contributed by atoms with Crippen LogP contribution >= 0.6 is 11.3 Å². The van der Waals surface area contributed by atoms with Gasteiger partial charge in [0.05, 0.1) is 5.69 Å². The molecule has 0 spiro atoms. The monoisotopic (exact) mass is 369 g/mol. The first-order chi connectivity index (χ1) is 12.4. The van der Waals surface area contributed by atoms with Crippen LogP contribution in [0.2, 0.25) is 0 Å². The van der Waals surface area contributed by atoms with Crippen molar-refractivity contribution in [2.75, 3.05) is 5.32 Å². The summed E-state index contributed by atoms with van der Waals surface area (Å²) in [5.74, 6) is -0.503. The highest BCUT2D eigenvalue weighted by atomic mass is 32.1. The lowest BCUT2D eigenvalue weighted by Crippen LogP contribution is -2.32. The molecule has 0 fully saturated rings. The minimum absolute atomic E-state index is 0.00177. The minimum atomic E-state index is -0.512. The molecular formula is C19H19N3O3S. The van der Waals surface area contributed by atoms with Gasteiger partial charge >= 0.3 is 0 Å². The van der Waals surface area contributed by atoms with E-state index in [2.05, 4.69) is 10.3 Å². The molecule has 0 atom stereocenters. The molecule has 26 heavy (non-hydrogen) atoms. The van der Waals surface area contributed by atoms with Crippen molar-refractivity contribution in [2.45, 2.75) is 27.4 Å². The van der Waals surface area contributed by atoms with Crippen LogP contribution in [0.5, 0.6) is 0 Å². The van der Waals surface area contributed by atoms with Crippen molar-refractivity contribution in [2.24, 2.45) is 0 Å². The molecule has 6 nitrogen and oxygen atoms in total. The normalized spacial score (nSPS) is 10.6. The van der Waals surface area contributed by atoms with Gasteiger partial charge in [0.1, 0.15) is 12.2 Å². The van der Waals surface area contributed by atoms with Crippen LogP contribution < -0.4 is 15.7 Å². The summed E-state index contributed by atoms with van der Waals surface area (Å²) in [6.45, 7) is 6.03. The fourth-order valence-corrected chi connectivity index (χ4v) is 3.08. The number of rotatable bonds is 5. The van der Waals surface area contributed by atoms with Crippen LogP contribution in [0.15, 0.2) is 47.4 Å². The molecule has 0 aliphatic carbocycles. The Kier molecular flexibility index (Phi) is 5.18. The summed E-state index contributed by atoms with van der Waals surface area (Å²) < 4.78 is 1.08.